The molecule has 0 unspecified atom stereocenters. The SMILES string of the molecule is OCc1ccnc(NCCc2ccc(O)c(O)c2)n1. The van der Waals surface area contributed by atoms with Gasteiger partial charge in [-0.25, -0.2) is 9.97 Å². The van der Waals surface area contributed by atoms with Gasteiger partial charge in [0.15, 0.2) is 11.5 Å². The molecule has 2 rings (SSSR count). The van der Waals surface area contributed by atoms with Crippen LogP contribution in [-0.2, 0) is 13.0 Å². The minimum Gasteiger partial charge on any atom is -0.504 e. The maximum Gasteiger partial charge on any atom is 0.222 e. The Bertz CT molecular complexity index is 561. The van der Waals surface area contributed by atoms with Crippen molar-refractivity contribution in [2.45, 2.75) is 13.0 Å². The van der Waals surface area contributed by atoms with Crippen molar-refractivity contribution in [2.75, 3.05) is 11.9 Å². The molecule has 4 N–H and O–H groups in total. The number of benzene rings is 1. The van der Waals surface area contributed by atoms with Crippen LogP contribution in [0.1, 0.15) is 11.3 Å². The van der Waals surface area contributed by atoms with E-state index in [1.54, 1.807) is 18.3 Å². The van der Waals surface area contributed by atoms with Crippen LogP contribution in [0.15, 0.2) is 30.5 Å². The quantitative estimate of drug-likeness (QED) is 0.600. The number of aromatic hydroxyl groups is 2. The first-order valence-corrected chi connectivity index (χ1v) is 5.86. The third-order valence-corrected chi connectivity index (χ3v) is 2.61. The lowest BCUT2D eigenvalue weighted by Crippen LogP contribution is -2.08. The fourth-order valence-electron chi connectivity index (χ4n) is 1.61. The molecule has 1 aromatic heterocycles. The van der Waals surface area contributed by atoms with Crippen molar-refractivity contribution >= 4 is 5.95 Å². The average molecular weight is 261 g/mol. The average Bonchev–Trinajstić information content (AvgIpc) is 2.43. The molecule has 0 radical (unpaired) electrons. The number of aliphatic hydroxyl groups excluding tert-OH is 1. The number of aliphatic hydroxyl groups is 1. The van der Waals surface area contributed by atoms with E-state index in [1.807, 2.05) is 0 Å². The highest BCUT2D eigenvalue weighted by Gasteiger charge is 2.02. The monoisotopic (exact) mass is 261 g/mol. The Kier molecular flexibility index (Phi) is 4.15. The molecule has 0 atom stereocenters. The lowest BCUT2D eigenvalue weighted by molar-refractivity contribution is 0.277. The summed E-state index contributed by atoms with van der Waals surface area (Å²) in [7, 11) is 0. The number of phenolic OH excluding ortho intramolecular Hbond substituents is 2. The van der Waals surface area contributed by atoms with E-state index in [0.29, 0.717) is 24.6 Å². The Morgan fingerprint density at radius 3 is 2.68 bits per heavy atom. The van der Waals surface area contributed by atoms with E-state index in [4.69, 9.17) is 5.11 Å². The summed E-state index contributed by atoms with van der Waals surface area (Å²) in [5, 5.41) is 30.5. The normalized spacial score (nSPS) is 10.4. The second kappa shape index (κ2) is 6.01. The number of aromatic nitrogens is 2. The standard InChI is InChI=1S/C13H15N3O3/c17-8-10-4-6-15-13(16-10)14-5-3-9-1-2-11(18)12(19)7-9/h1-2,4,6-7,17-19H,3,5,8H2,(H,14,15,16). The van der Waals surface area contributed by atoms with Crippen LogP contribution in [-0.4, -0.2) is 31.8 Å². The minimum absolute atomic E-state index is 0.122. The van der Waals surface area contributed by atoms with Gasteiger partial charge in [0.05, 0.1) is 12.3 Å². The van der Waals surface area contributed by atoms with Crippen LogP contribution >= 0.6 is 0 Å². The van der Waals surface area contributed by atoms with Crippen molar-refractivity contribution in [3.8, 4) is 11.5 Å². The first kappa shape index (κ1) is 13.1. The van der Waals surface area contributed by atoms with Gasteiger partial charge in [0.1, 0.15) is 0 Å². The van der Waals surface area contributed by atoms with E-state index < -0.39 is 0 Å². The molecule has 0 saturated carbocycles. The molecular formula is C13H15N3O3. The Hall–Kier alpha value is -2.34. The zero-order chi connectivity index (χ0) is 13.7. The van der Waals surface area contributed by atoms with Crippen LogP contribution in [0.2, 0.25) is 0 Å². The molecule has 1 heterocycles. The maximum atomic E-state index is 9.36. The lowest BCUT2D eigenvalue weighted by Gasteiger charge is -2.06. The molecule has 1 aromatic carbocycles. The second-order valence-electron chi connectivity index (χ2n) is 4.03. The smallest absolute Gasteiger partial charge is 0.222 e. The van der Waals surface area contributed by atoms with Gasteiger partial charge in [-0.2, -0.15) is 0 Å². The summed E-state index contributed by atoms with van der Waals surface area (Å²) in [5.41, 5.74) is 1.45. The molecule has 0 spiro atoms. The van der Waals surface area contributed by atoms with Gasteiger partial charge in [-0.05, 0) is 30.2 Å². The number of nitrogens with zero attached hydrogens (tertiary/aromatic N) is 2. The fourth-order valence-corrected chi connectivity index (χ4v) is 1.61. The van der Waals surface area contributed by atoms with Gasteiger partial charge < -0.3 is 20.6 Å². The van der Waals surface area contributed by atoms with E-state index in [1.165, 1.54) is 12.1 Å². The third kappa shape index (κ3) is 3.56. The largest absolute Gasteiger partial charge is 0.504 e. The van der Waals surface area contributed by atoms with Gasteiger partial charge in [-0.15, -0.1) is 0 Å². The fraction of sp³-hybridized carbons (Fsp3) is 0.231. The van der Waals surface area contributed by atoms with E-state index in [2.05, 4.69) is 15.3 Å². The van der Waals surface area contributed by atoms with E-state index >= 15 is 0 Å². The third-order valence-electron chi connectivity index (χ3n) is 2.61. The minimum atomic E-state index is -0.129. The summed E-state index contributed by atoms with van der Waals surface area (Å²) in [4.78, 5) is 8.12. The van der Waals surface area contributed by atoms with Gasteiger partial charge in [0.2, 0.25) is 5.95 Å². The first-order valence-electron chi connectivity index (χ1n) is 5.86. The molecule has 0 fully saturated rings. The topological polar surface area (TPSA) is 98.5 Å². The van der Waals surface area contributed by atoms with Crippen LogP contribution in [0.3, 0.4) is 0 Å². The summed E-state index contributed by atoms with van der Waals surface area (Å²) in [6, 6.07) is 6.35. The van der Waals surface area contributed by atoms with E-state index in [9.17, 15) is 10.2 Å². The predicted octanol–water partition coefficient (Wildman–Crippen LogP) is 1.03. The zero-order valence-corrected chi connectivity index (χ0v) is 10.2. The summed E-state index contributed by atoms with van der Waals surface area (Å²) in [5.74, 6) is 0.196. The molecule has 19 heavy (non-hydrogen) atoms. The highest BCUT2D eigenvalue weighted by molar-refractivity contribution is 5.40. The molecular weight excluding hydrogens is 246 g/mol. The Labute approximate surface area is 110 Å². The lowest BCUT2D eigenvalue weighted by atomic mass is 10.1. The van der Waals surface area contributed by atoms with Crippen LogP contribution in [0.25, 0.3) is 0 Å². The van der Waals surface area contributed by atoms with Crippen molar-refractivity contribution in [2.24, 2.45) is 0 Å². The van der Waals surface area contributed by atoms with Crippen LogP contribution in [0.4, 0.5) is 5.95 Å². The Morgan fingerprint density at radius 2 is 1.95 bits per heavy atom. The van der Waals surface area contributed by atoms with Crippen molar-refractivity contribution < 1.29 is 15.3 Å². The number of rotatable bonds is 5. The number of hydrogen-bond acceptors (Lipinski definition) is 6. The highest BCUT2D eigenvalue weighted by atomic mass is 16.3. The van der Waals surface area contributed by atoms with Crippen LogP contribution in [0, 0.1) is 0 Å². The molecule has 2 aromatic rings. The molecule has 0 bridgehead atoms. The summed E-state index contributed by atoms with van der Waals surface area (Å²) >= 11 is 0. The van der Waals surface area contributed by atoms with Crippen molar-refractivity contribution in [3.05, 3.63) is 41.7 Å². The second-order valence-corrected chi connectivity index (χ2v) is 4.03. The summed E-state index contributed by atoms with van der Waals surface area (Å²) < 4.78 is 0. The van der Waals surface area contributed by atoms with Gasteiger partial charge >= 0.3 is 0 Å². The molecule has 0 amide bonds. The van der Waals surface area contributed by atoms with E-state index in [0.717, 1.165) is 5.56 Å². The summed E-state index contributed by atoms with van der Waals surface area (Å²) in [6.07, 6.45) is 2.23. The Balaban J connectivity index is 1.90. The van der Waals surface area contributed by atoms with Gasteiger partial charge in [-0.1, -0.05) is 6.07 Å². The zero-order valence-electron chi connectivity index (χ0n) is 10.2. The molecule has 100 valence electrons. The van der Waals surface area contributed by atoms with Crippen molar-refractivity contribution in [3.63, 3.8) is 0 Å². The molecule has 0 aliphatic rings. The number of nitrogens with one attached hydrogen (secondary N) is 1. The van der Waals surface area contributed by atoms with Gasteiger partial charge in [0.25, 0.3) is 0 Å². The van der Waals surface area contributed by atoms with Crippen LogP contribution < -0.4 is 5.32 Å². The molecule has 0 aliphatic heterocycles. The molecule has 0 saturated heterocycles. The predicted molar refractivity (Wildman–Crippen MR) is 69.9 cm³/mol. The first-order chi connectivity index (χ1) is 9.19. The van der Waals surface area contributed by atoms with Crippen LogP contribution in [0.5, 0.6) is 11.5 Å². The number of phenols is 2. The van der Waals surface area contributed by atoms with Gasteiger partial charge in [-0.3, -0.25) is 0 Å². The van der Waals surface area contributed by atoms with E-state index in [-0.39, 0.29) is 18.1 Å². The van der Waals surface area contributed by atoms with Crippen molar-refractivity contribution in [1.82, 2.24) is 9.97 Å². The summed E-state index contributed by atoms with van der Waals surface area (Å²) in [6.45, 7) is 0.460. The van der Waals surface area contributed by atoms with Crippen molar-refractivity contribution in [1.29, 1.82) is 0 Å². The number of hydrogen-bond donors (Lipinski definition) is 4. The molecule has 0 aliphatic carbocycles. The maximum absolute atomic E-state index is 9.36. The number of anilines is 1. The molecule has 6 heteroatoms. The molecule has 6 nitrogen and oxygen atoms in total. The highest BCUT2D eigenvalue weighted by Crippen LogP contribution is 2.24. The Morgan fingerprint density at radius 1 is 1.11 bits per heavy atom. The van der Waals surface area contributed by atoms with Gasteiger partial charge in [0, 0.05) is 12.7 Å².